The molecular formula is C29H29F3N2O3. The molecule has 0 amide bonds. The largest absolute Gasteiger partial charge is 0.497 e. The Morgan fingerprint density at radius 1 is 1.24 bits per heavy atom. The minimum absolute atomic E-state index is 0.00721. The summed E-state index contributed by atoms with van der Waals surface area (Å²) in [5.74, 6) is 3.26. The Balaban J connectivity index is 1.40. The summed E-state index contributed by atoms with van der Waals surface area (Å²) in [7, 11) is 1.56. The molecule has 0 spiro atoms. The fraction of sp³-hybridized carbons (Fsp3) is 0.379. The fourth-order valence-corrected chi connectivity index (χ4v) is 5.04. The SMILES string of the molecule is COc1ccc2nccc([C@@H](F)CC[C@@H]3CCN(CC#Cc4cccc(F)c4F)C[C@@H]3CC(=O)O)c2c1. The lowest BCUT2D eigenvalue weighted by molar-refractivity contribution is -0.139. The van der Waals surface area contributed by atoms with E-state index in [1.54, 1.807) is 37.6 Å². The van der Waals surface area contributed by atoms with Crippen LogP contribution in [0.5, 0.6) is 5.75 Å². The highest BCUT2D eigenvalue weighted by atomic mass is 19.2. The average molecular weight is 511 g/mol. The molecule has 0 unspecified atom stereocenters. The summed E-state index contributed by atoms with van der Waals surface area (Å²) in [5, 5.41) is 10.2. The van der Waals surface area contributed by atoms with E-state index in [-0.39, 0.29) is 30.2 Å². The minimum Gasteiger partial charge on any atom is -0.497 e. The zero-order chi connectivity index (χ0) is 26.4. The molecule has 0 radical (unpaired) electrons. The zero-order valence-corrected chi connectivity index (χ0v) is 20.6. The van der Waals surface area contributed by atoms with Gasteiger partial charge in [0.2, 0.25) is 0 Å². The number of carboxylic acid groups (broad SMARTS) is 1. The molecule has 2 heterocycles. The van der Waals surface area contributed by atoms with E-state index in [0.717, 1.165) is 6.07 Å². The topological polar surface area (TPSA) is 62.7 Å². The van der Waals surface area contributed by atoms with Gasteiger partial charge in [-0.25, -0.2) is 13.2 Å². The minimum atomic E-state index is -1.21. The second kappa shape index (κ2) is 12.1. The number of halogens is 3. The maximum Gasteiger partial charge on any atom is 0.303 e. The van der Waals surface area contributed by atoms with Crippen LogP contribution in [0.25, 0.3) is 10.9 Å². The highest BCUT2D eigenvalue weighted by Crippen LogP contribution is 2.36. The molecule has 5 nitrogen and oxygen atoms in total. The maximum atomic E-state index is 15.4. The number of fused-ring (bicyclic) bond motifs is 1. The first-order valence-electron chi connectivity index (χ1n) is 12.3. The van der Waals surface area contributed by atoms with E-state index in [1.807, 2.05) is 4.90 Å². The number of benzene rings is 2. The number of pyridine rings is 1. The third-order valence-corrected chi connectivity index (χ3v) is 7.00. The molecule has 37 heavy (non-hydrogen) atoms. The van der Waals surface area contributed by atoms with Crippen molar-refractivity contribution in [1.82, 2.24) is 9.88 Å². The first-order chi connectivity index (χ1) is 17.9. The Kier molecular flexibility index (Phi) is 8.67. The van der Waals surface area contributed by atoms with Gasteiger partial charge >= 0.3 is 5.97 Å². The molecule has 1 N–H and O–H groups in total. The number of rotatable bonds is 8. The van der Waals surface area contributed by atoms with Crippen LogP contribution in [0.2, 0.25) is 0 Å². The monoisotopic (exact) mass is 510 g/mol. The number of carbonyl (C=O) groups is 1. The van der Waals surface area contributed by atoms with Crippen molar-refractivity contribution < 1.29 is 27.8 Å². The van der Waals surface area contributed by atoms with Gasteiger partial charge in [-0.3, -0.25) is 14.7 Å². The van der Waals surface area contributed by atoms with Crippen molar-refractivity contribution in [2.45, 2.75) is 31.9 Å². The molecule has 1 aromatic heterocycles. The number of methoxy groups -OCH3 is 1. The number of likely N-dealkylation sites (tertiary alicyclic amines) is 1. The summed E-state index contributed by atoms with van der Waals surface area (Å²) in [6, 6.07) is 10.9. The van der Waals surface area contributed by atoms with Crippen LogP contribution in [0.15, 0.2) is 48.7 Å². The first-order valence-corrected chi connectivity index (χ1v) is 12.3. The lowest BCUT2D eigenvalue weighted by Gasteiger charge is -2.37. The molecule has 3 aromatic rings. The van der Waals surface area contributed by atoms with Gasteiger partial charge in [-0.2, -0.15) is 0 Å². The smallest absolute Gasteiger partial charge is 0.303 e. The highest BCUT2D eigenvalue weighted by molar-refractivity contribution is 5.83. The van der Waals surface area contributed by atoms with Crippen LogP contribution < -0.4 is 4.74 Å². The molecule has 3 atom stereocenters. The number of aliphatic carboxylic acids is 1. The van der Waals surface area contributed by atoms with Crippen LogP contribution in [0, 0.1) is 35.3 Å². The molecule has 1 aliphatic rings. The molecular weight excluding hydrogens is 481 g/mol. The highest BCUT2D eigenvalue weighted by Gasteiger charge is 2.31. The van der Waals surface area contributed by atoms with Crippen LogP contribution in [0.4, 0.5) is 13.2 Å². The summed E-state index contributed by atoms with van der Waals surface area (Å²) in [5.41, 5.74) is 1.24. The van der Waals surface area contributed by atoms with Gasteiger partial charge in [0.15, 0.2) is 11.6 Å². The van der Waals surface area contributed by atoms with E-state index in [1.165, 1.54) is 12.1 Å². The van der Waals surface area contributed by atoms with Gasteiger partial charge in [0, 0.05) is 24.5 Å². The Morgan fingerprint density at radius 2 is 2.08 bits per heavy atom. The number of nitrogens with zero attached hydrogens (tertiary/aromatic N) is 2. The molecule has 4 rings (SSSR count). The summed E-state index contributed by atoms with van der Waals surface area (Å²) in [4.78, 5) is 17.9. The van der Waals surface area contributed by atoms with Gasteiger partial charge in [0.1, 0.15) is 11.9 Å². The molecule has 2 aromatic carbocycles. The zero-order valence-electron chi connectivity index (χ0n) is 20.6. The van der Waals surface area contributed by atoms with Crippen LogP contribution in [0.3, 0.4) is 0 Å². The number of hydrogen-bond donors (Lipinski definition) is 1. The molecule has 194 valence electrons. The van der Waals surface area contributed by atoms with E-state index < -0.39 is 23.8 Å². The Morgan fingerprint density at radius 3 is 2.86 bits per heavy atom. The average Bonchev–Trinajstić information content (AvgIpc) is 2.89. The van der Waals surface area contributed by atoms with Gasteiger partial charge < -0.3 is 9.84 Å². The van der Waals surface area contributed by atoms with Crippen LogP contribution in [-0.4, -0.2) is 47.7 Å². The molecule has 1 aliphatic heterocycles. The Hall–Kier alpha value is -3.57. The van der Waals surface area contributed by atoms with Crippen molar-refractivity contribution >= 4 is 16.9 Å². The molecule has 0 saturated carbocycles. The predicted octanol–water partition coefficient (Wildman–Crippen LogP) is 5.78. The lowest BCUT2D eigenvalue weighted by Crippen LogP contribution is -2.41. The van der Waals surface area contributed by atoms with Crippen molar-refractivity contribution in [2.75, 3.05) is 26.7 Å². The van der Waals surface area contributed by atoms with Crippen LogP contribution in [-0.2, 0) is 4.79 Å². The second-order valence-corrected chi connectivity index (χ2v) is 9.37. The van der Waals surface area contributed by atoms with E-state index in [2.05, 4.69) is 16.8 Å². The summed E-state index contributed by atoms with van der Waals surface area (Å²) in [6.07, 6.45) is 1.91. The number of carboxylic acids is 1. The molecule has 1 saturated heterocycles. The predicted molar refractivity (Wildman–Crippen MR) is 135 cm³/mol. The number of hydrogen-bond acceptors (Lipinski definition) is 4. The van der Waals surface area contributed by atoms with Crippen LogP contribution >= 0.6 is 0 Å². The summed E-state index contributed by atoms with van der Waals surface area (Å²) in [6.45, 7) is 1.49. The van der Waals surface area contributed by atoms with E-state index >= 15 is 4.39 Å². The quantitative estimate of drug-likeness (QED) is 0.390. The summed E-state index contributed by atoms with van der Waals surface area (Å²) >= 11 is 0. The molecule has 8 heteroatoms. The Bertz CT molecular complexity index is 1320. The van der Waals surface area contributed by atoms with Gasteiger partial charge in [-0.1, -0.05) is 17.9 Å². The van der Waals surface area contributed by atoms with Gasteiger partial charge in [0.05, 0.1) is 24.7 Å². The second-order valence-electron chi connectivity index (χ2n) is 9.37. The van der Waals surface area contributed by atoms with Crippen molar-refractivity contribution in [3.63, 3.8) is 0 Å². The number of piperidine rings is 1. The van der Waals surface area contributed by atoms with E-state index in [0.29, 0.717) is 54.7 Å². The number of alkyl halides is 1. The fourth-order valence-electron chi connectivity index (χ4n) is 5.04. The lowest BCUT2D eigenvalue weighted by atomic mass is 9.79. The van der Waals surface area contributed by atoms with Crippen LogP contribution in [0.1, 0.15) is 43.0 Å². The number of aromatic nitrogens is 1. The standard InChI is InChI=1S/C29H29F3N2O3/c1-37-22-8-10-27-24(17-22)23(11-13-33-27)25(30)9-7-19-12-15-34(18-21(19)16-28(35)36)14-3-5-20-4-2-6-26(31)29(20)32/h2,4,6,8,10-11,13,17,19,21,25H,7,9,12,14-16,18H2,1H3,(H,35,36)/t19-,21+,25+/m1/s1. The molecule has 0 aliphatic carbocycles. The van der Waals surface area contributed by atoms with Crippen molar-refractivity contribution in [1.29, 1.82) is 0 Å². The van der Waals surface area contributed by atoms with Gasteiger partial charge in [-0.15, -0.1) is 0 Å². The third kappa shape index (κ3) is 6.60. The Labute approximate surface area is 214 Å². The van der Waals surface area contributed by atoms with Crippen molar-refractivity contribution in [3.05, 3.63) is 71.4 Å². The van der Waals surface area contributed by atoms with Gasteiger partial charge in [-0.05, 0) is 79.6 Å². The first kappa shape index (κ1) is 26.5. The third-order valence-electron chi connectivity index (χ3n) is 7.00. The van der Waals surface area contributed by atoms with Gasteiger partial charge in [0.25, 0.3) is 0 Å². The molecule has 0 bridgehead atoms. The van der Waals surface area contributed by atoms with Crippen molar-refractivity contribution in [2.24, 2.45) is 11.8 Å². The number of ether oxygens (including phenoxy) is 1. The summed E-state index contributed by atoms with van der Waals surface area (Å²) < 4.78 is 47.9. The maximum absolute atomic E-state index is 15.4. The van der Waals surface area contributed by atoms with Crippen molar-refractivity contribution in [3.8, 4) is 17.6 Å². The van der Waals surface area contributed by atoms with E-state index in [4.69, 9.17) is 4.74 Å². The molecule has 1 fully saturated rings. The normalized spacial score (nSPS) is 18.7. The van der Waals surface area contributed by atoms with E-state index in [9.17, 15) is 18.7 Å².